The third-order valence-electron chi connectivity index (χ3n) is 4.07. The second kappa shape index (κ2) is 5.59. The van der Waals surface area contributed by atoms with Crippen LogP contribution in [0.25, 0.3) is 0 Å². The summed E-state index contributed by atoms with van der Waals surface area (Å²) in [5.74, 6) is 0.648. The summed E-state index contributed by atoms with van der Waals surface area (Å²) < 4.78 is 1.81. The number of rotatable bonds is 5. The van der Waals surface area contributed by atoms with Crippen LogP contribution in [0.1, 0.15) is 40.0 Å². The Labute approximate surface area is 115 Å². The van der Waals surface area contributed by atoms with E-state index in [-0.39, 0.29) is 12.1 Å². The highest BCUT2D eigenvalue weighted by Crippen LogP contribution is 2.43. The zero-order valence-electron chi connectivity index (χ0n) is 12.3. The van der Waals surface area contributed by atoms with Crippen LogP contribution in [0.4, 0.5) is 0 Å². The van der Waals surface area contributed by atoms with Gasteiger partial charge in [-0.1, -0.05) is 20.8 Å². The van der Waals surface area contributed by atoms with Crippen molar-refractivity contribution in [3.63, 3.8) is 0 Å². The van der Waals surface area contributed by atoms with Crippen LogP contribution in [-0.2, 0) is 6.54 Å². The maximum absolute atomic E-state index is 9.85. The van der Waals surface area contributed by atoms with E-state index < -0.39 is 0 Å². The van der Waals surface area contributed by atoms with Gasteiger partial charge in [0.1, 0.15) is 12.7 Å². The fourth-order valence-corrected chi connectivity index (χ4v) is 3.84. The maximum atomic E-state index is 9.85. The van der Waals surface area contributed by atoms with E-state index in [4.69, 9.17) is 0 Å². The molecule has 1 aromatic heterocycles. The molecule has 0 unspecified atom stereocenters. The quantitative estimate of drug-likeness (QED) is 0.846. The smallest absolute Gasteiger partial charge is 0.137 e. The molecule has 5 heteroatoms. The highest BCUT2D eigenvalue weighted by atomic mass is 16.3. The van der Waals surface area contributed by atoms with Crippen molar-refractivity contribution in [2.45, 2.75) is 52.1 Å². The Morgan fingerprint density at radius 2 is 2.21 bits per heavy atom. The van der Waals surface area contributed by atoms with Gasteiger partial charge in [0, 0.05) is 12.1 Å². The molecule has 0 radical (unpaired) electrons. The molecule has 0 bridgehead atoms. The molecule has 19 heavy (non-hydrogen) atoms. The number of hydrogen-bond donors (Lipinski definition) is 2. The molecular weight excluding hydrogens is 240 g/mol. The van der Waals surface area contributed by atoms with Crippen LogP contribution in [0.3, 0.4) is 0 Å². The number of nitrogens with zero attached hydrogens (tertiary/aromatic N) is 3. The van der Waals surface area contributed by atoms with Gasteiger partial charge in [0.2, 0.25) is 0 Å². The van der Waals surface area contributed by atoms with E-state index in [1.54, 1.807) is 12.7 Å². The van der Waals surface area contributed by atoms with E-state index in [1.165, 1.54) is 6.42 Å². The average Bonchev–Trinajstić information content (AvgIpc) is 2.79. The van der Waals surface area contributed by atoms with Crippen molar-refractivity contribution in [1.82, 2.24) is 20.1 Å². The Hall–Kier alpha value is -0.940. The van der Waals surface area contributed by atoms with E-state index in [0.29, 0.717) is 11.3 Å². The molecule has 1 saturated carbocycles. The number of hydrogen-bond acceptors (Lipinski definition) is 4. The molecule has 0 aromatic carbocycles. The molecule has 1 heterocycles. The Morgan fingerprint density at radius 1 is 1.42 bits per heavy atom. The van der Waals surface area contributed by atoms with E-state index in [2.05, 4.69) is 36.2 Å². The van der Waals surface area contributed by atoms with E-state index in [0.717, 1.165) is 25.9 Å². The molecule has 1 aliphatic rings. The van der Waals surface area contributed by atoms with Crippen molar-refractivity contribution in [3.8, 4) is 0 Å². The summed E-state index contributed by atoms with van der Waals surface area (Å²) in [7, 11) is 0. The third kappa shape index (κ3) is 3.76. The summed E-state index contributed by atoms with van der Waals surface area (Å²) >= 11 is 0. The molecule has 0 aliphatic heterocycles. The van der Waals surface area contributed by atoms with Gasteiger partial charge >= 0.3 is 0 Å². The highest BCUT2D eigenvalue weighted by Gasteiger charge is 2.42. The first-order valence-corrected chi connectivity index (χ1v) is 7.13. The van der Waals surface area contributed by atoms with E-state index in [9.17, 15) is 5.11 Å². The van der Waals surface area contributed by atoms with Crippen LogP contribution in [0.5, 0.6) is 0 Å². The lowest BCUT2D eigenvalue weighted by atomic mass is 9.64. The minimum atomic E-state index is -0.137. The zero-order valence-corrected chi connectivity index (χ0v) is 12.3. The third-order valence-corrected chi connectivity index (χ3v) is 4.07. The number of nitrogens with one attached hydrogen (secondary N) is 1. The van der Waals surface area contributed by atoms with Crippen molar-refractivity contribution in [1.29, 1.82) is 0 Å². The first-order valence-electron chi connectivity index (χ1n) is 7.13. The van der Waals surface area contributed by atoms with Gasteiger partial charge < -0.3 is 10.4 Å². The van der Waals surface area contributed by atoms with Gasteiger partial charge in [0.25, 0.3) is 0 Å². The molecule has 2 N–H and O–H groups in total. The molecule has 1 fully saturated rings. The lowest BCUT2D eigenvalue weighted by molar-refractivity contribution is 0.0359. The summed E-state index contributed by atoms with van der Waals surface area (Å²) in [6, 6.07) is 0. The monoisotopic (exact) mass is 266 g/mol. The van der Waals surface area contributed by atoms with Gasteiger partial charge in [-0.05, 0) is 30.6 Å². The van der Waals surface area contributed by atoms with Crippen molar-refractivity contribution < 1.29 is 5.11 Å². The Balaban J connectivity index is 1.93. The minimum absolute atomic E-state index is 0.137. The normalized spacial score (nSPS) is 30.4. The second-order valence-corrected chi connectivity index (χ2v) is 6.88. The molecule has 1 aromatic rings. The van der Waals surface area contributed by atoms with Crippen molar-refractivity contribution >= 4 is 0 Å². The summed E-state index contributed by atoms with van der Waals surface area (Å²) in [6.07, 6.45) is 6.58. The summed E-state index contributed by atoms with van der Waals surface area (Å²) in [5.41, 5.74) is 0.155. The number of aromatic nitrogens is 3. The van der Waals surface area contributed by atoms with E-state index >= 15 is 0 Å². The van der Waals surface area contributed by atoms with Gasteiger partial charge in [-0.25, -0.2) is 4.98 Å². The minimum Gasteiger partial charge on any atom is -0.394 e. The standard InChI is InChI=1S/C14H26N4O/c1-12-6-13(2,3)8-14(7-12,9-19)16-4-5-18-11-15-10-17-18/h10-12,16,19H,4-9H2,1-3H3/t12-,14+/m1/s1. The van der Waals surface area contributed by atoms with Gasteiger partial charge in [0.05, 0.1) is 13.2 Å². The highest BCUT2D eigenvalue weighted by molar-refractivity contribution is 4.98. The summed E-state index contributed by atoms with van der Waals surface area (Å²) in [6.45, 7) is 8.68. The predicted octanol–water partition coefficient (Wildman–Crippen LogP) is 1.44. The van der Waals surface area contributed by atoms with Crippen LogP contribution >= 0.6 is 0 Å². The molecule has 0 amide bonds. The first-order chi connectivity index (χ1) is 8.95. The largest absolute Gasteiger partial charge is 0.394 e. The van der Waals surface area contributed by atoms with Crippen LogP contribution in [0.15, 0.2) is 12.7 Å². The fraction of sp³-hybridized carbons (Fsp3) is 0.857. The lowest BCUT2D eigenvalue weighted by Crippen LogP contribution is -2.55. The maximum Gasteiger partial charge on any atom is 0.137 e. The van der Waals surface area contributed by atoms with Crippen LogP contribution in [0, 0.1) is 11.3 Å². The SMILES string of the molecule is C[C@@H]1CC(C)(C)C[C@@](CO)(NCCn2cncn2)C1. The van der Waals surface area contributed by atoms with Crippen molar-refractivity contribution in [2.75, 3.05) is 13.2 Å². The van der Waals surface area contributed by atoms with Gasteiger partial charge in [0.15, 0.2) is 0 Å². The molecule has 108 valence electrons. The van der Waals surface area contributed by atoms with Crippen LogP contribution in [0.2, 0.25) is 0 Å². The van der Waals surface area contributed by atoms with Gasteiger partial charge in [-0.3, -0.25) is 4.68 Å². The first kappa shape index (κ1) is 14.5. The summed E-state index contributed by atoms with van der Waals surface area (Å²) in [4.78, 5) is 3.93. The summed E-state index contributed by atoms with van der Waals surface area (Å²) in [5, 5.41) is 17.5. The second-order valence-electron chi connectivity index (χ2n) is 6.88. The van der Waals surface area contributed by atoms with Crippen molar-refractivity contribution in [2.24, 2.45) is 11.3 Å². The lowest BCUT2D eigenvalue weighted by Gasteiger charge is -2.47. The Kier molecular flexibility index (Phi) is 4.26. The molecule has 2 rings (SSSR count). The molecule has 5 nitrogen and oxygen atoms in total. The van der Waals surface area contributed by atoms with Crippen molar-refractivity contribution in [3.05, 3.63) is 12.7 Å². The molecular formula is C14H26N4O. The molecule has 1 aliphatic carbocycles. The number of aliphatic hydroxyl groups excluding tert-OH is 1. The van der Waals surface area contributed by atoms with E-state index in [1.807, 2.05) is 4.68 Å². The number of aliphatic hydroxyl groups is 1. The average molecular weight is 266 g/mol. The topological polar surface area (TPSA) is 63.0 Å². The van der Waals surface area contributed by atoms with Crippen LogP contribution < -0.4 is 5.32 Å². The van der Waals surface area contributed by atoms with Gasteiger partial charge in [-0.2, -0.15) is 5.10 Å². The molecule has 0 saturated heterocycles. The predicted molar refractivity (Wildman–Crippen MR) is 74.6 cm³/mol. The Morgan fingerprint density at radius 3 is 2.79 bits per heavy atom. The molecule has 2 atom stereocenters. The fourth-order valence-electron chi connectivity index (χ4n) is 3.84. The van der Waals surface area contributed by atoms with Crippen LogP contribution in [-0.4, -0.2) is 38.6 Å². The zero-order chi connectivity index (χ0) is 13.9. The molecule has 0 spiro atoms. The van der Waals surface area contributed by atoms with Gasteiger partial charge in [-0.15, -0.1) is 0 Å². The Bertz CT molecular complexity index is 390.